The smallest absolute Gasteiger partial charge is 0.303 e. The van der Waals surface area contributed by atoms with Gasteiger partial charge in [-0.3, -0.25) is 4.79 Å². The molecule has 1 heterocycles. The van der Waals surface area contributed by atoms with Gasteiger partial charge in [-0.2, -0.15) is 4.68 Å². The fourth-order valence-corrected chi connectivity index (χ4v) is 3.46. The molecule has 1 N–H and O–H groups in total. The van der Waals surface area contributed by atoms with E-state index in [2.05, 4.69) is 23.0 Å². The second kappa shape index (κ2) is 6.62. The zero-order chi connectivity index (χ0) is 19.1. The zero-order valence-electron chi connectivity index (χ0n) is 14.6. The molecule has 0 aliphatic heterocycles. The first-order chi connectivity index (χ1) is 13.0. The van der Waals surface area contributed by atoms with Gasteiger partial charge in [0.15, 0.2) is 17.3 Å². The zero-order valence-corrected chi connectivity index (χ0v) is 15.5. The number of hydrogen-bond donors (Lipinski definition) is 2. The van der Waals surface area contributed by atoms with E-state index in [4.69, 9.17) is 9.47 Å². The standard InChI is InChI=1S/C19H16FN3O3S/c1-25-15-7-10-6-14-17(13(10)9-16(15)26-2)23(19(24)27)22-18(14)21-12-5-3-4-11(20)8-12/h3-5,7-9H,6H2,1-2H3,(H,21,22)(H,24,27). The topological polar surface area (TPSA) is 65.4 Å². The summed E-state index contributed by atoms with van der Waals surface area (Å²) in [4.78, 5) is 12.0. The van der Waals surface area contributed by atoms with Crippen molar-refractivity contribution in [1.29, 1.82) is 0 Å². The van der Waals surface area contributed by atoms with Crippen molar-refractivity contribution in [3.8, 4) is 22.8 Å². The molecular formula is C19H16FN3O3S. The van der Waals surface area contributed by atoms with Gasteiger partial charge < -0.3 is 14.8 Å². The van der Waals surface area contributed by atoms with Crippen LogP contribution < -0.4 is 14.8 Å². The van der Waals surface area contributed by atoms with Gasteiger partial charge in [-0.05, 0) is 35.9 Å². The summed E-state index contributed by atoms with van der Waals surface area (Å²) in [6, 6.07) is 9.75. The molecule has 4 rings (SSSR count). The largest absolute Gasteiger partial charge is 0.493 e. The van der Waals surface area contributed by atoms with Crippen molar-refractivity contribution < 1.29 is 18.7 Å². The normalized spacial score (nSPS) is 11.7. The number of halogens is 1. The van der Waals surface area contributed by atoms with Crippen molar-refractivity contribution in [3.05, 3.63) is 53.3 Å². The Kier molecular flexibility index (Phi) is 4.27. The van der Waals surface area contributed by atoms with Crippen molar-refractivity contribution in [3.63, 3.8) is 0 Å². The van der Waals surface area contributed by atoms with Crippen LogP contribution in [0, 0.1) is 5.82 Å². The van der Waals surface area contributed by atoms with Crippen LogP contribution in [0.25, 0.3) is 11.3 Å². The number of methoxy groups -OCH3 is 2. The molecule has 3 aromatic rings. The first-order valence-corrected chi connectivity index (χ1v) is 8.59. The highest BCUT2D eigenvalue weighted by molar-refractivity contribution is 7.96. The molecule has 0 bridgehead atoms. The molecule has 0 unspecified atom stereocenters. The van der Waals surface area contributed by atoms with E-state index < -0.39 is 5.24 Å². The maximum Gasteiger partial charge on any atom is 0.303 e. The minimum Gasteiger partial charge on any atom is -0.493 e. The molecule has 8 heteroatoms. The Labute approximate surface area is 160 Å². The lowest BCUT2D eigenvalue weighted by Crippen LogP contribution is -2.07. The third-order valence-corrected chi connectivity index (χ3v) is 4.67. The molecule has 0 spiro atoms. The Morgan fingerprint density at radius 1 is 1.22 bits per heavy atom. The molecule has 0 atom stereocenters. The average molecular weight is 385 g/mol. The van der Waals surface area contributed by atoms with Gasteiger partial charge in [0.1, 0.15) is 5.82 Å². The minimum atomic E-state index is -0.513. The van der Waals surface area contributed by atoms with E-state index >= 15 is 0 Å². The van der Waals surface area contributed by atoms with E-state index in [9.17, 15) is 9.18 Å². The van der Waals surface area contributed by atoms with E-state index in [0.29, 0.717) is 35.1 Å². The SMILES string of the molecule is COc1cc2c(cc1OC)-c1c(c(Nc3cccc(F)c3)nn1C(=O)S)C2. The lowest BCUT2D eigenvalue weighted by atomic mass is 10.1. The molecule has 27 heavy (non-hydrogen) atoms. The van der Waals surface area contributed by atoms with Gasteiger partial charge in [0.25, 0.3) is 0 Å². The quantitative estimate of drug-likeness (QED) is 0.514. The van der Waals surface area contributed by atoms with E-state index in [1.54, 1.807) is 26.4 Å². The lowest BCUT2D eigenvalue weighted by molar-refractivity contribution is 0.260. The number of carbonyl (C=O) groups excluding carboxylic acids is 1. The van der Waals surface area contributed by atoms with E-state index in [1.165, 1.54) is 16.8 Å². The molecule has 0 saturated carbocycles. The van der Waals surface area contributed by atoms with Crippen LogP contribution in [0.5, 0.6) is 11.5 Å². The lowest BCUT2D eigenvalue weighted by Gasteiger charge is -2.11. The number of carbonyl (C=O) groups is 1. The summed E-state index contributed by atoms with van der Waals surface area (Å²) in [6.45, 7) is 0. The highest BCUT2D eigenvalue weighted by atomic mass is 32.1. The molecule has 1 aliphatic rings. The van der Waals surface area contributed by atoms with Crippen LogP contribution in [0.3, 0.4) is 0 Å². The molecule has 0 amide bonds. The number of anilines is 2. The molecule has 6 nitrogen and oxygen atoms in total. The number of nitrogens with zero attached hydrogens (tertiary/aromatic N) is 2. The van der Waals surface area contributed by atoms with Crippen molar-refractivity contribution >= 4 is 29.4 Å². The molecule has 0 fully saturated rings. The van der Waals surface area contributed by atoms with Gasteiger partial charge >= 0.3 is 5.24 Å². The summed E-state index contributed by atoms with van der Waals surface area (Å²) in [6.07, 6.45) is 0.545. The van der Waals surface area contributed by atoms with Gasteiger partial charge in [0.05, 0.1) is 19.9 Å². The highest BCUT2D eigenvalue weighted by Crippen LogP contribution is 2.45. The predicted octanol–water partition coefficient (Wildman–Crippen LogP) is 4.25. The monoisotopic (exact) mass is 385 g/mol. The van der Waals surface area contributed by atoms with Crippen molar-refractivity contribution in [2.24, 2.45) is 0 Å². The maximum absolute atomic E-state index is 13.5. The van der Waals surface area contributed by atoms with Gasteiger partial charge in [0, 0.05) is 23.2 Å². The minimum absolute atomic E-state index is 0.362. The third kappa shape index (κ3) is 2.91. The van der Waals surface area contributed by atoms with Crippen LogP contribution in [0.15, 0.2) is 36.4 Å². The fraction of sp³-hybridized carbons (Fsp3) is 0.158. The summed E-state index contributed by atoms with van der Waals surface area (Å²) in [5, 5.41) is 6.92. The first-order valence-electron chi connectivity index (χ1n) is 8.15. The van der Waals surface area contributed by atoms with E-state index in [0.717, 1.165) is 16.7 Å². The number of aromatic nitrogens is 2. The van der Waals surface area contributed by atoms with Gasteiger partial charge in [-0.1, -0.05) is 18.7 Å². The average Bonchev–Trinajstić information content (AvgIpc) is 3.18. The number of rotatable bonds is 4. The van der Waals surface area contributed by atoms with Gasteiger partial charge in [-0.15, -0.1) is 5.10 Å². The first kappa shape index (κ1) is 17.4. The van der Waals surface area contributed by atoms with Crippen LogP contribution in [0.2, 0.25) is 0 Å². The molecular weight excluding hydrogens is 369 g/mol. The number of fused-ring (bicyclic) bond motifs is 3. The second-order valence-corrected chi connectivity index (χ2v) is 6.43. The molecule has 0 radical (unpaired) electrons. The summed E-state index contributed by atoms with van der Waals surface area (Å²) in [7, 11) is 3.13. The molecule has 2 aromatic carbocycles. The van der Waals surface area contributed by atoms with Crippen LogP contribution in [0.1, 0.15) is 11.1 Å². The third-order valence-electron chi connectivity index (χ3n) is 4.48. The van der Waals surface area contributed by atoms with Crippen LogP contribution >= 0.6 is 12.6 Å². The predicted molar refractivity (Wildman–Crippen MR) is 103 cm³/mol. The Morgan fingerprint density at radius 2 is 1.96 bits per heavy atom. The second-order valence-electron chi connectivity index (χ2n) is 6.05. The Hall–Kier alpha value is -3.00. The van der Waals surface area contributed by atoms with Crippen molar-refractivity contribution in [2.45, 2.75) is 6.42 Å². The van der Waals surface area contributed by atoms with Crippen molar-refractivity contribution in [2.75, 3.05) is 19.5 Å². The Balaban J connectivity index is 1.84. The van der Waals surface area contributed by atoms with Gasteiger partial charge in [0.2, 0.25) is 0 Å². The molecule has 138 valence electrons. The summed E-state index contributed by atoms with van der Waals surface area (Å²) < 4.78 is 25.5. The Bertz CT molecular complexity index is 1060. The van der Waals surface area contributed by atoms with E-state index in [1.807, 2.05) is 12.1 Å². The Morgan fingerprint density at radius 3 is 2.63 bits per heavy atom. The van der Waals surface area contributed by atoms with Crippen LogP contribution in [0.4, 0.5) is 20.7 Å². The molecule has 1 aromatic heterocycles. The maximum atomic E-state index is 13.5. The number of nitrogens with one attached hydrogen (secondary N) is 1. The number of hydrogen-bond acceptors (Lipinski definition) is 5. The summed E-state index contributed by atoms with van der Waals surface area (Å²) in [5.74, 6) is 1.28. The molecule has 0 saturated heterocycles. The van der Waals surface area contributed by atoms with Crippen LogP contribution in [-0.2, 0) is 6.42 Å². The van der Waals surface area contributed by atoms with Crippen molar-refractivity contribution in [1.82, 2.24) is 9.78 Å². The summed E-state index contributed by atoms with van der Waals surface area (Å²) >= 11 is 3.94. The summed E-state index contributed by atoms with van der Waals surface area (Å²) in [5.41, 5.74) is 3.81. The number of benzene rings is 2. The van der Waals surface area contributed by atoms with E-state index in [-0.39, 0.29) is 5.82 Å². The fourth-order valence-electron chi connectivity index (χ4n) is 3.31. The van der Waals surface area contributed by atoms with Crippen LogP contribution in [-0.4, -0.2) is 29.2 Å². The molecule has 1 aliphatic carbocycles. The number of thiol groups is 1. The van der Waals surface area contributed by atoms with Gasteiger partial charge in [-0.25, -0.2) is 4.39 Å². The highest BCUT2D eigenvalue weighted by Gasteiger charge is 2.31. The number of ether oxygens (including phenoxy) is 2.